The highest BCUT2D eigenvalue weighted by atomic mass is 16.8. The molecule has 0 atom stereocenters. The van der Waals surface area contributed by atoms with Gasteiger partial charge in [-0.3, -0.25) is 4.84 Å². The van der Waals surface area contributed by atoms with Gasteiger partial charge in [0, 0.05) is 0 Å². The molecule has 6 nitrogen and oxygen atoms in total. The second-order valence-electron chi connectivity index (χ2n) is 3.56. The van der Waals surface area contributed by atoms with Crippen molar-refractivity contribution in [3.05, 3.63) is 42.0 Å². The number of phenols is 1. The Kier molecular flexibility index (Phi) is 5.40. The van der Waals surface area contributed by atoms with E-state index in [-0.39, 0.29) is 23.8 Å². The van der Waals surface area contributed by atoms with Crippen molar-refractivity contribution in [1.29, 1.82) is 0 Å². The summed E-state index contributed by atoms with van der Waals surface area (Å²) in [6.07, 6.45) is 1.19. The second kappa shape index (κ2) is 7.05. The number of hydrogen-bond donors (Lipinski definition) is 2. The predicted molar refractivity (Wildman–Crippen MR) is 70.8 cm³/mol. The van der Waals surface area contributed by atoms with Gasteiger partial charge < -0.3 is 15.6 Å². The van der Waals surface area contributed by atoms with Crippen LogP contribution in [0.4, 0.5) is 4.79 Å². The molecule has 1 rings (SSSR count). The van der Waals surface area contributed by atoms with Crippen LogP contribution in [0.5, 0.6) is 5.75 Å². The summed E-state index contributed by atoms with van der Waals surface area (Å²) in [5.41, 5.74) is 6.57. The van der Waals surface area contributed by atoms with Crippen molar-refractivity contribution in [2.45, 2.75) is 13.3 Å². The van der Waals surface area contributed by atoms with Gasteiger partial charge in [0.15, 0.2) is 5.84 Å². The minimum atomic E-state index is -0.952. The Balaban J connectivity index is 2.90. The molecule has 0 saturated heterocycles. The average Bonchev–Trinajstić information content (AvgIpc) is 2.39. The van der Waals surface area contributed by atoms with Crippen molar-refractivity contribution in [3.63, 3.8) is 0 Å². The maximum absolute atomic E-state index is 11.0. The molecule has 1 aromatic carbocycles. The summed E-state index contributed by atoms with van der Waals surface area (Å²) in [7, 11) is 0. The third-order valence-corrected chi connectivity index (χ3v) is 2.24. The number of oxime groups is 1. The normalized spacial score (nSPS) is 10.9. The number of rotatable bonds is 5. The van der Waals surface area contributed by atoms with Gasteiger partial charge in [0.2, 0.25) is 0 Å². The summed E-state index contributed by atoms with van der Waals surface area (Å²) < 4.78 is 4.52. The Labute approximate surface area is 111 Å². The topological polar surface area (TPSA) is 94.1 Å². The molecule has 0 aliphatic rings. The highest BCUT2D eigenvalue weighted by molar-refractivity contribution is 6.00. The third-order valence-electron chi connectivity index (χ3n) is 2.24. The molecule has 0 heterocycles. The fourth-order valence-corrected chi connectivity index (χ4v) is 1.40. The lowest BCUT2D eigenvalue weighted by Gasteiger charge is -2.07. The van der Waals surface area contributed by atoms with Crippen molar-refractivity contribution in [2.24, 2.45) is 10.9 Å². The molecule has 3 N–H and O–H groups in total. The number of hydrogen-bond acceptors (Lipinski definition) is 5. The number of benzene rings is 1. The van der Waals surface area contributed by atoms with Crippen molar-refractivity contribution in [3.8, 4) is 5.75 Å². The van der Waals surface area contributed by atoms with Crippen molar-refractivity contribution in [2.75, 3.05) is 6.61 Å². The van der Waals surface area contributed by atoms with Crippen LogP contribution < -0.4 is 5.73 Å². The molecule has 0 aliphatic carbocycles. The number of nitrogens with zero attached hydrogens (tertiary/aromatic N) is 1. The summed E-state index contributed by atoms with van der Waals surface area (Å²) in [6, 6.07) is 5.01. The molecule has 0 fully saturated rings. The molecule has 0 radical (unpaired) electrons. The number of nitrogens with two attached hydrogens (primary N) is 1. The molecule has 0 spiro atoms. The number of carbonyl (C=O) groups excluding carboxylic acids is 1. The molecule has 0 aromatic heterocycles. The predicted octanol–water partition coefficient (Wildman–Crippen LogP) is 1.91. The lowest BCUT2D eigenvalue weighted by molar-refractivity contribution is 0.0612. The Bertz CT molecular complexity index is 497. The van der Waals surface area contributed by atoms with Crippen LogP contribution in [0.2, 0.25) is 0 Å². The number of allylic oxidation sites excluding steroid dienone is 1. The first-order chi connectivity index (χ1) is 9.10. The monoisotopic (exact) mass is 264 g/mol. The number of amidine groups is 1. The number of aromatic hydroxyl groups is 1. The van der Waals surface area contributed by atoms with Crippen LogP contribution in [0, 0.1) is 0 Å². The molecule has 0 saturated carbocycles. The van der Waals surface area contributed by atoms with Gasteiger partial charge in [0.05, 0.1) is 12.2 Å². The summed E-state index contributed by atoms with van der Waals surface area (Å²) in [6.45, 7) is 5.41. The summed E-state index contributed by atoms with van der Waals surface area (Å²) >= 11 is 0. The first-order valence-corrected chi connectivity index (χ1v) is 5.69. The Morgan fingerprint density at radius 1 is 1.58 bits per heavy atom. The van der Waals surface area contributed by atoms with E-state index in [1.807, 2.05) is 0 Å². The van der Waals surface area contributed by atoms with Crippen LogP contribution in [0.25, 0.3) is 0 Å². The first-order valence-electron chi connectivity index (χ1n) is 5.69. The number of ether oxygens (including phenoxy) is 1. The Hall–Kier alpha value is -2.50. The Morgan fingerprint density at radius 2 is 2.32 bits per heavy atom. The third kappa shape index (κ3) is 4.02. The minimum Gasteiger partial charge on any atom is -0.507 e. The number of carbonyl (C=O) groups is 1. The van der Waals surface area contributed by atoms with Gasteiger partial charge in [-0.1, -0.05) is 23.4 Å². The first kappa shape index (κ1) is 14.6. The number of phenolic OH excluding ortho intramolecular Hbond substituents is 1. The molecule has 0 amide bonds. The lowest BCUT2D eigenvalue weighted by atomic mass is 10.1. The van der Waals surface area contributed by atoms with E-state index in [4.69, 9.17) is 5.73 Å². The SMILES string of the molecule is C=CCc1cccc(/C(N)=N/OC(=O)OCC)c1O. The van der Waals surface area contributed by atoms with Crippen molar-refractivity contribution >= 4 is 12.0 Å². The maximum Gasteiger partial charge on any atom is 0.535 e. The summed E-state index contributed by atoms with van der Waals surface area (Å²) in [4.78, 5) is 15.4. The van der Waals surface area contributed by atoms with Crippen LogP contribution in [0.1, 0.15) is 18.1 Å². The molecule has 0 bridgehead atoms. The molecule has 19 heavy (non-hydrogen) atoms. The van der Waals surface area contributed by atoms with Crippen LogP contribution in [0.15, 0.2) is 36.0 Å². The van der Waals surface area contributed by atoms with E-state index in [1.165, 1.54) is 0 Å². The largest absolute Gasteiger partial charge is 0.535 e. The van der Waals surface area contributed by atoms with E-state index in [1.54, 1.807) is 31.2 Å². The number of para-hydroxylation sites is 1. The van der Waals surface area contributed by atoms with Gasteiger partial charge in [0.25, 0.3) is 0 Å². The zero-order valence-corrected chi connectivity index (χ0v) is 10.6. The highest BCUT2D eigenvalue weighted by Crippen LogP contribution is 2.22. The van der Waals surface area contributed by atoms with E-state index >= 15 is 0 Å². The Morgan fingerprint density at radius 3 is 2.95 bits per heavy atom. The zero-order valence-electron chi connectivity index (χ0n) is 10.6. The van der Waals surface area contributed by atoms with Gasteiger partial charge in [0.1, 0.15) is 5.75 Å². The molecule has 6 heteroatoms. The van der Waals surface area contributed by atoms with Gasteiger partial charge in [-0.15, -0.1) is 6.58 Å². The molecule has 102 valence electrons. The molecule has 0 aliphatic heterocycles. The van der Waals surface area contributed by atoms with Gasteiger partial charge >= 0.3 is 6.16 Å². The van der Waals surface area contributed by atoms with Crippen molar-refractivity contribution in [1.82, 2.24) is 0 Å². The molecular formula is C13H16N2O4. The average molecular weight is 264 g/mol. The highest BCUT2D eigenvalue weighted by Gasteiger charge is 2.11. The van der Waals surface area contributed by atoms with Crippen LogP contribution in [-0.4, -0.2) is 23.7 Å². The van der Waals surface area contributed by atoms with Crippen molar-refractivity contribution < 1.29 is 19.5 Å². The minimum absolute atomic E-state index is 0.0175. The summed E-state index contributed by atoms with van der Waals surface area (Å²) in [5.74, 6) is -0.132. The van der Waals surface area contributed by atoms with Gasteiger partial charge in [-0.2, -0.15) is 0 Å². The smallest absolute Gasteiger partial charge is 0.507 e. The zero-order chi connectivity index (χ0) is 14.3. The van der Waals surface area contributed by atoms with E-state index in [9.17, 15) is 9.90 Å². The van der Waals surface area contributed by atoms with Crippen LogP contribution in [-0.2, 0) is 16.0 Å². The quantitative estimate of drug-likeness (QED) is 0.211. The standard InChI is InChI=1S/C13H16N2O4/c1-3-6-9-7-5-8-10(11(9)16)12(14)15-19-13(17)18-4-2/h3,5,7-8,16H,1,4,6H2,2H3,(H2,14,15). The lowest BCUT2D eigenvalue weighted by Crippen LogP contribution is -2.16. The summed E-state index contributed by atoms with van der Waals surface area (Å²) in [5, 5.41) is 13.4. The van der Waals surface area contributed by atoms with E-state index in [0.717, 1.165) is 0 Å². The van der Waals surface area contributed by atoms with E-state index in [0.29, 0.717) is 12.0 Å². The second-order valence-corrected chi connectivity index (χ2v) is 3.56. The molecule has 0 unspecified atom stereocenters. The van der Waals surface area contributed by atoms with Gasteiger partial charge in [-0.25, -0.2) is 4.79 Å². The molecule has 1 aromatic rings. The van der Waals surface area contributed by atoms with Crippen LogP contribution >= 0.6 is 0 Å². The fourth-order valence-electron chi connectivity index (χ4n) is 1.40. The fraction of sp³-hybridized carbons (Fsp3) is 0.231. The molecular weight excluding hydrogens is 248 g/mol. The van der Waals surface area contributed by atoms with E-state index in [2.05, 4.69) is 21.3 Å². The van der Waals surface area contributed by atoms with E-state index < -0.39 is 6.16 Å². The van der Waals surface area contributed by atoms with Gasteiger partial charge in [-0.05, 0) is 25.0 Å². The maximum atomic E-state index is 11.0. The van der Waals surface area contributed by atoms with Crippen LogP contribution in [0.3, 0.4) is 0 Å².